The molecule has 1 amide bonds. The summed E-state index contributed by atoms with van der Waals surface area (Å²) in [5, 5.41) is 6.19. The van der Waals surface area contributed by atoms with Crippen molar-refractivity contribution in [2.24, 2.45) is 0 Å². The lowest BCUT2D eigenvalue weighted by Gasteiger charge is -2.23. The number of nitrogens with zero attached hydrogens (tertiary/aromatic N) is 2. The highest BCUT2D eigenvalue weighted by atomic mass is 16.1. The second-order valence-electron chi connectivity index (χ2n) is 5.59. The van der Waals surface area contributed by atoms with Gasteiger partial charge in [0, 0.05) is 11.7 Å². The van der Waals surface area contributed by atoms with E-state index in [1.807, 2.05) is 30.3 Å². The number of benzene rings is 1. The average Bonchev–Trinajstić information content (AvgIpc) is 2.57. The third-order valence-corrected chi connectivity index (χ3v) is 3.87. The lowest BCUT2D eigenvalue weighted by Crippen LogP contribution is -2.23. The fourth-order valence-electron chi connectivity index (χ4n) is 2.69. The van der Waals surface area contributed by atoms with Gasteiger partial charge in [-0.3, -0.25) is 4.79 Å². The standard InChI is InChI=1S/C17H20N4O/c22-17(21-14-9-5-2-6-10-14)15-11-19-16(12-18-15)20-13-7-3-1-4-8-13/h2,5-6,9-13H,1,3-4,7-8H2,(H,19,20)(H,21,22). The molecule has 3 rings (SSSR count). The summed E-state index contributed by atoms with van der Waals surface area (Å²) >= 11 is 0. The summed E-state index contributed by atoms with van der Waals surface area (Å²) in [6.45, 7) is 0. The molecule has 0 unspecified atom stereocenters. The van der Waals surface area contributed by atoms with Crippen molar-refractivity contribution in [3.8, 4) is 0 Å². The first kappa shape index (κ1) is 14.5. The van der Waals surface area contributed by atoms with E-state index in [1.54, 1.807) is 6.20 Å². The number of hydrogen-bond donors (Lipinski definition) is 2. The third-order valence-electron chi connectivity index (χ3n) is 3.87. The summed E-state index contributed by atoms with van der Waals surface area (Å²) in [4.78, 5) is 20.6. The van der Waals surface area contributed by atoms with Gasteiger partial charge in [-0.15, -0.1) is 0 Å². The molecular weight excluding hydrogens is 276 g/mol. The molecule has 2 aromatic rings. The molecule has 1 fully saturated rings. The van der Waals surface area contributed by atoms with Crippen LogP contribution in [0.1, 0.15) is 42.6 Å². The zero-order valence-corrected chi connectivity index (χ0v) is 12.5. The Morgan fingerprint density at radius 2 is 1.77 bits per heavy atom. The van der Waals surface area contributed by atoms with Crippen LogP contribution in [-0.4, -0.2) is 21.9 Å². The molecule has 0 aliphatic heterocycles. The Labute approximate surface area is 130 Å². The molecule has 0 radical (unpaired) electrons. The van der Waals surface area contributed by atoms with Gasteiger partial charge in [-0.1, -0.05) is 37.5 Å². The first-order chi connectivity index (χ1) is 10.8. The number of carbonyl (C=O) groups is 1. The normalized spacial score (nSPS) is 15.3. The minimum absolute atomic E-state index is 0.247. The second kappa shape index (κ2) is 7.02. The predicted molar refractivity (Wildman–Crippen MR) is 86.9 cm³/mol. The van der Waals surface area contributed by atoms with Crippen LogP contribution in [-0.2, 0) is 0 Å². The van der Waals surface area contributed by atoms with Gasteiger partial charge < -0.3 is 10.6 Å². The zero-order valence-electron chi connectivity index (χ0n) is 12.5. The van der Waals surface area contributed by atoms with Gasteiger partial charge in [0.25, 0.3) is 5.91 Å². The summed E-state index contributed by atoms with van der Waals surface area (Å²) in [5.74, 6) is 0.492. The highest BCUT2D eigenvalue weighted by molar-refractivity contribution is 6.02. The van der Waals surface area contributed by atoms with E-state index in [9.17, 15) is 4.79 Å². The molecule has 0 atom stereocenters. The number of nitrogens with one attached hydrogen (secondary N) is 2. The molecule has 114 valence electrons. The molecule has 1 aromatic carbocycles. The lowest BCUT2D eigenvalue weighted by atomic mass is 9.96. The van der Waals surface area contributed by atoms with Crippen molar-refractivity contribution in [2.75, 3.05) is 10.6 Å². The molecule has 5 nitrogen and oxygen atoms in total. The van der Waals surface area contributed by atoms with Gasteiger partial charge in [-0.05, 0) is 25.0 Å². The first-order valence-electron chi connectivity index (χ1n) is 7.76. The number of anilines is 2. The predicted octanol–water partition coefficient (Wildman–Crippen LogP) is 3.47. The van der Waals surface area contributed by atoms with Gasteiger partial charge in [-0.25, -0.2) is 9.97 Å². The highest BCUT2D eigenvalue weighted by Gasteiger charge is 2.14. The Hall–Kier alpha value is -2.43. The summed E-state index contributed by atoms with van der Waals surface area (Å²) in [6.07, 6.45) is 9.36. The molecule has 1 saturated carbocycles. The van der Waals surface area contributed by atoms with Crippen molar-refractivity contribution < 1.29 is 4.79 Å². The van der Waals surface area contributed by atoms with Gasteiger partial charge >= 0.3 is 0 Å². The highest BCUT2D eigenvalue weighted by Crippen LogP contribution is 2.20. The molecule has 22 heavy (non-hydrogen) atoms. The minimum Gasteiger partial charge on any atom is -0.366 e. The topological polar surface area (TPSA) is 66.9 Å². The monoisotopic (exact) mass is 296 g/mol. The number of amides is 1. The number of aromatic nitrogens is 2. The number of rotatable bonds is 4. The average molecular weight is 296 g/mol. The Bertz CT molecular complexity index is 606. The Kier molecular flexibility index (Phi) is 4.63. The third kappa shape index (κ3) is 3.81. The maximum atomic E-state index is 12.1. The van der Waals surface area contributed by atoms with E-state index >= 15 is 0 Å². The van der Waals surface area contributed by atoms with Crippen molar-refractivity contribution in [1.82, 2.24) is 9.97 Å². The van der Waals surface area contributed by atoms with E-state index in [-0.39, 0.29) is 5.91 Å². The van der Waals surface area contributed by atoms with Gasteiger partial charge in [0.05, 0.1) is 12.4 Å². The molecule has 5 heteroatoms. The van der Waals surface area contributed by atoms with Crippen LogP contribution in [0.3, 0.4) is 0 Å². The van der Waals surface area contributed by atoms with Crippen LogP contribution in [0.2, 0.25) is 0 Å². The van der Waals surface area contributed by atoms with Crippen LogP contribution >= 0.6 is 0 Å². The smallest absolute Gasteiger partial charge is 0.275 e. The molecule has 1 aromatic heterocycles. The van der Waals surface area contributed by atoms with Gasteiger partial charge in [-0.2, -0.15) is 0 Å². The van der Waals surface area contributed by atoms with E-state index in [4.69, 9.17) is 0 Å². The first-order valence-corrected chi connectivity index (χ1v) is 7.76. The maximum absolute atomic E-state index is 12.1. The molecule has 1 aliphatic carbocycles. The number of carbonyl (C=O) groups excluding carboxylic acids is 1. The van der Waals surface area contributed by atoms with Crippen LogP contribution in [0.4, 0.5) is 11.5 Å². The number of para-hydroxylation sites is 1. The van der Waals surface area contributed by atoms with Crippen LogP contribution in [0.5, 0.6) is 0 Å². The summed E-state index contributed by atoms with van der Waals surface area (Å²) in [6, 6.07) is 9.80. The quantitative estimate of drug-likeness (QED) is 0.906. The van der Waals surface area contributed by atoms with E-state index in [2.05, 4.69) is 20.6 Å². The fraction of sp³-hybridized carbons (Fsp3) is 0.353. The SMILES string of the molecule is O=C(Nc1ccccc1)c1cnc(NC2CCCCC2)cn1. The van der Waals surface area contributed by atoms with Crippen LogP contribution in [0.25, 0.3) is 0 Å². The van der Waals surface area contributed by atoms with E-state index in [1.165, 1.54) is 38.3 Å². The van der Waals surface area contributed by atoms with E-state index < -0.39 is 0 Å². The zero-order chi connectivity index (χ0) is 15.2. The molecule has 0 saturated heterocycles. The van der Waals surface area contributed by atoms with Crippen molar-refractivity contribution >= 4 is 17.4 Å². The molecule has 2 N–H and O–H groups in total. The lowest BCUT2D eigenvalue weighted by molar-refractivity contribution is 0.102. The van der Waals surface area contributed by atoms with Crippen molar-refractivity contribution in [3.63, 3.8) is 0 Å². The Morgan fingerprint density at radius 3 is 2.45 bits per heavy atom. The van der Waals surface area contributed by atoms with Crippen molar-refractivity contribution in [1.29, 1.82) is 0 Å². The Balaban J connectivity index is 1.59. The van der Waals surface area contributed by atoms with Crippen LogP contribution < -0.4 is 10.6 Å². The number of hydrogen-bond acceptors (Lipinski definition) is 4. The second-order valence-corrected chi connectivity index (χ2v) is 5.59. The summed E-state index contributed by atoms with van der Waals surface area (Å²) in [5.41, 5.74) is 1.07. The summed E-state index contributed by atoms with van der Waals surface area (Å²) < 4.78 is 0. The van der Waals surface area contributed by atoms with Gasteiger partial charge in [0.15, 0.2) is 0 Å². The molecule has 1 heterocycles. The molecule has 1 aliphatic rings. The van der Waals surface area contributed by atoms with Crippen molar-refractivity contribution in [2.45, 2.75) is 38.1 Å². The summed E-state index contributed by atoms with van der Waals surface area (Å²) in [7, 11) is 0. The van der Waals surface area contributed by atoms with Gasteiger partial charge in [0.1, 0.15) is 11.5 Å². The molecular formula is C17H20N4O. The van der Waals surface area contributed by atoms with Crippen LogP contribution in [0.15, 0.2) is 42.7 Å². The fourth-order valence-corrected chi connectivity index (χ4v) is 2.69. The maximum Gasteiger partial charge on any atom is 0.275 e. The minimum atomic E-state index is -0.247. The molecule has 0 spiro atoms. The van der Waals surface area contributed by atoms with E-state index in [0.29, 0.717) is 11.7 Å². The largest absolute Gasteiger partial charge is 0.366 e. The van der Waals surface area contributed by atoms with E-state index in [0.717, 1.165) is 11.5 Å². The van der Waals surface area contributed by atoms with Crippen LogP contribution in [0, 0.1) is 0 Å². The van der Waals surface area contributed by atoms with Crippen molar-refractivity contribution in [3.05, 3.63) is 48.4 Å². The molecule has 0 bridgehead atoms. The Morgan fingerprint density at radius 1 is 1.00 bits per heavy atom. The van der Waals surface area contributed by atoms with Gasteiger partial charge in [0.2, 0.25) is 0 Å².